The van der Waals surface area contributed by atoms with Crippen molar-refractivity contribution in [2.24, 2.45) is 0 Å². The molecule has 0 atom stereocenters. The number of unbranched alkanes of at least 4 members (excludes halogenated alkanes) is 3. The summed E-state index contributed by atoms with van der Waals surface area (Å²) in [5.41, 5.74) is 7.36. The van der Waals surface area contributed by atoms with Gasteiger partial charge in [0.15, 0.2) is 0 Å². The molecule has 0 heteroatoms. The first kappa shape index (κ1) is 18.8. The second kappa shape index (κ2) is 10.3. The van der Waals surface area contributed by atoms with Crippen LogP contribution in [0.1, 0.15) is 76.0 Å². The topological polar surface area (TPSA) is 0 Å². The fourth-order valence-corrected chi connectivity index (χ4v) is 3.39. The Bertz CT molecular complexity index is 566. The van der Waals surface area contributed by atoms with Crippen molar-refractivity contribution in [2.75, 3.05) is 0 Å². The lowest BCUT2D eigenvalue weighted by molar-refractivity contribution is 0.768. The van der Waals surface area contributed by atoms with Crippen LogP contribution < -0.4 is 0 Å². The molecular formula is C24H33. The van der Waals surface area contributed by atoms with Crippen molar-refractivity contribution >= 4 is 0 Å². The van der Waals surface area contributed by atoms with Gasteiger partial charge in [-0.3, -0.25) is 0 Å². The molecule has 0 nitrogen and oxygen atoms in total. The number of hydrogen-bond donors (Lipinski definition) is 0. The predicted molar refractivity (Wildman–Crippen MR) is 107 cm³/mol. The van der Waals surface area contributed by atoms with Gasteiger partial charge in [-0.25, -0.2) is 0 Å². The van der Waals surface area contributed by atoms with E-state index in [-0.39, 0.29) is 0 Å². The molecule has 0 unspecified atom stereocenters. The lowest BCUT2D eigenvalue weighted by Gasteiger charge is -2.18. The molecule has 2 aromatic rings. The molecule has 0 aliphatic carbocycles. The van der Waals surface area contributed by atoms with Crippen molar-refractivity contribution in [3.05, 3.63) is 59.2 Å². The zero-order chi connectivity index (χ0) is 17.2. The van der Waals surface area contributed by atoms with E-state index in [2.05, 4.69) is 57.2 Å². The summed E-state index contributed by atoms with van der Waals surface area (Å²) in [5, 5.41) is 0. The standard InChI is InChI=1S/C24H33/c1-4-7-13-20-18-22(14-8-5-2)24(21-16-11-10-12-17-21)23(19-20)15-9-6-3/h10-12,16,18-19H,4-9,13-15H2,1-3H3. The number of aryl methyl sites for hydroxylation is 3. The molecule has 1 radical (unpaired) electrons. The van der Waals surface area contributed by atoms with E-state index < -0.39 is 0 Å². The van der Waals surface area contributed by atoms with Crippen molar-refractivity contribution in [1.82, 2.24) is 0 Å². The highest BCUT2D eigenvalue weighted by Crippen LogP contribution is 2.32. The van der Waals surface area contributed by atoms with Gasteiger partial charge in [0.25, 0.3) is 0 Å². The van der Waals surface area contributed by atoms with Gasteiger partial charge in [-0.15, -0.1) is 0 Å². The average Bonchev–Trinajstić information content (AvgIpc) is 2.63. The van der Waals surface area contributed by atoms with Crippen molar-refractivity contribution < 1.29 is 0 Å². The van der Waals surface area contributed by atoms with Gasteiger partial charge in [0, 0.05) is 0 Å². The van der Waals surface area contributed by atoms with Crippen molar-refractivity contribution in [2.45, 2.75) is 78.6 Å². The molecule has 129 valence electrons. The minimum Gasteiger partial charge on any atom is -0.0654 e. The van der Waals surface area contributed by atoms with E-state index in [0.29, 0.717) is 0 Å². The smallest absolute Gasteiger partial charge is 0.00990 e. The molecule has 0 amide bonds. The van der Waals surface area contributed by atoms with E-state index in [9.17, 15) is 0 Å². The largest absolute Gasteiger partial charge is 0.0654 e. The minimum absolute atomic E-state index is 1.19. The van der Waals surface area contributed by atoms with E-state index in [4.69, 9.17) is 0 Å². The van der Waals surface area contributed by atoms with Crippen LogP contribution in [-0.2, 0) is 19.3 Å². The summed E-state index contributed by atoms with van der Waals surface area (Å²) in [6.45, 7) is 6.85. The highest BCUT2D eigenvalue weighted by Gasteiger charge is 2.13. The van der Waals surface area contributed by atoms with Gasteiger partial charge in [-0.2, -0.15) is 0 Å². The molecule has 0 aliphatic rings. The lowest BCUT2D eigenvalue weighted by Crippen LogP contribution is -2.01. The third kappa shape index (κ3) is 5.23. The van der Waals surface area contributed by atoms with Crippen molar-refractivity contribution in [1.29, 1.82) is 0 Å². The summed E-state index contributed by atoms with van der Waals surface area (Å²) in [5.74, 6) is 0. The maximum absolute atomic E-state index is 3.48. The monoisotopic (exact) mass is 321 g/mol. The van der Waals surface area contributed by atoms with E-state index in [1.807, 2.05) is 6.07 Å². The molecule has 0 fully saturated rings. The Morgan fingerprint density at radius 1 is 0.750 bits per heavy atom. The molecule has 0 saturated heterocycles. The molecule has 0 spiro atoms. The Morgan fingerprint density at radius 2 is 1.33 bits per heavy atom. The summed E-state index contributed by atoms with van der Waals surface area (Å²) >= 11 is 0. The van der Waals surface area contributed by atoms with Gasteiger partial charge in [-0.1, -0.05) is 76.4 Å². The molecule has 0 heterocycles. The Labute approximate surface area is 149 Å². The van der Waals surface area contributed by atoms with Crippen molar-refractivity contribution in [3.63, 3.8) is 0 Å². The second-order valence-corrected chi connectivity index (χ2v) is 6.88. The normalized spacial score (nSPS) is 11.0. The summed E-state index contributed by atoms with van der Waals surface area (Å²) in [4.78, 5) is 0. The fourth-order valence-electron chi connectivity index (χ4n) is 3.39. The van der Waals surface area contributed by atoms with Crippen LogP contribution in [0.2, 0.25) is 0 Å². The van der Waals surface area contributed by atoms with Crippen LogP contribution in [0.25, 0.3) is 11.1 Å². The van der Waals surface area contributed by atoms with Crippen molar-refractivity contribution in [3.8, 4) is 11.1 Å². The van der Waals surface area contributed by atoms with E-state index >= 15 is 0 Å². The maximum atomic E-state index is 3.48. The van der Waals surface area contributed by atoms with E-state index in [0.717, 1.165) is 0 Å². The molecule has 2 rings (SSSR count). The number of benzene rings is 2. The Kier molecular flexibility index (Phi) is 8.08. The first-order chi connectivity index (χ1) is 11.8. The molecule has 2 aromatic carbocycles. The third-order valence-corrected chi connectivity index (χ3v) is 4.76. The van der Waals surface area contributed by atoms with E-state index in [1.165, 1.54) is 74.5 Å². The quantitative estimate of drug-likeness (QED) is 0.434. The highest BCUT2D eigenvalue weighted by molar-refractivity contribution is 5.71. The Balaban J connectivity index is 2.48. The zero-order valence-corrected chi connectivity index (χ0v) is 15.8. The Morgan fingerprint density at radius 3 is 1.83 bits per heavy atom. The summed E-state index contributed by atoms with van der Waals surface area (Å²) in [6.07, 6.45) is 11.2. The molecule has 0 N–H and O–H groups in total. The molecule has 0 saturated carbocycles. The van der Waals surface area contributed by atoms with Gasteiger partial charge in [0.05, 0.1) is 0 Å². The highest BCUT2D eigenvalue weighted by atomic mass is 14.2. The molecule has 0 aliphatic heterocycles. The van der Waals surface area contributed by atoms with Crippen LogP contribution in [0.3, 0.4) is 0 Å². The fraction of sp³-hybridized carbons (Fsp3) is 0.500. The van der Waals surface area contributed by atoms with Gasteiger partial charge >= 0.3 is 0 Å². The first-order valence-corrected chi connectivity index (χ1v) is 9.91. The van der Waals surface area contributed by atoms with Gasteiger partial charge in [0.2, 0.25) is 0 Å². The third-order valence-electron chi connectivity index (χ3n) is 4.76. The van der Waals surface area contributed by atoms with Gasteiger partial charge in [0.1, 0.15) is 0 Å². The number of rotatable bonds is 10. The van der Waals surface area contributed by atoms with Crippen LogP contribution in [0, 0.1) is 6.07 Å². The van der Waals surface area contributed by atoms with Crippen LogP contribution in [0.5, 0.6) is 0 Å². The summed E-state index contributed by atoms with van der Waals surface area (Å²) < 4.78 is 0. The predicted octanol–water partition coefficient (Wildman–Crippen LogP) is 7.18. The average molecular weight is 322 g/mol. The van der Waals surface area contributed by atoms with Crippen LogP contribution >= 0.6 is 0 Å². The second-order valence-electron chi connectivity index (χ2n) is 6.88. The molecule has 0 aromatic heterocycles. The molecular weight excluding hydrogens is 288 g/mol. The molecule has 24 heavy (non-hydrogen) atoms. The summed E-state index contributed by atoms with van der Waals surface area (Å²) in [7, 11) is 0. The van der Waals surface area contributed by atoms with Crippen LogP contribution in [-0.4, -0.2) is 0 Å². The molecule has 0 bridgehead atoms. The number of hydrogen-bond acceptors (Lipinski definition) is 0. The zero-order valence-electron chi connectivity index (χ0n) is 15.8. The SMILES string of the molecule is CCCCc1cc(CCCC)c(-c2[c]cccc2)c(CCCC)c1. The Hall–Kier alpha value is -1.56. The van der Waals surface area contributed by atoms with Gasteiger partial charge < -0.3 is 0 Å². The minimum atomic E-state index is 1.19. The van der Waals surface area contributed by atoms with Crippen LogP contribution in [0.4, 0.5) is 0 Å². The van der Waals surface area contributed by atoms with E-state index in [1.54, 1.807) is 11.1 Å². The maximum Gasteiger partial charge on any atom is -0.00990 e. The first-order valence-electron chi connectivity index (χ1n) is 9.91. The van der Waals surface area contributed by atoms with Crippen LogP contribution in [0.15, 0.2) is 36.4 Å². The lowest BCUT2D eigenvalue weighted by atomic mass is 9.87. The van der Waals surface area contributed by atoms with Gasteiger partial charge in [-0.05, 0) is 72.4 Å². The summed E-state index contributed by atoms with van der Waals surface area (Å²) in [6, 6.07) is 16.9.